The Morgan fingerprint density at radius 1 is 0.484 bits per heavy atom. The molecule has 5 rings (SSSR count). The van der Waals surface area contributed by atoms with Gasteiger partial charge in [0.15, 0.2) is 0 Å². The minimum absolute atomic E-state index is 0.956. The van der Waals surface area contributed by atoms with Crippen molar-refractivity contribution in [2.75, 3.05) is 0 Å². The summed E-state index contributed by atoms with van der Waals surface area (Å²) in [5.74, 6) is 0. The van der Waals surface area contributed by atoms with Gasteiger partial charge in [0.05, 0.1) is 11.4 Å². The Bertz CT molecular complexity index is 1300. The maximum Gasteiger partial charge on any atom is 0.0715 e. The summed E-state index contributed by atoms with van der Waals surface area (Å²) in [5.41, 5.74) is 8.67. The van der Waals surface area contributed by atoms with Crippen molar-refractivity contribution in [1.29, 1.82) is 0 Å². The van der Waals surface area contributed by atoms with Crippen LogP contribution in [-0.4, -0.2) is 9.97 Å². The number of rotatable bonds is 4. The normalized spacial score (nSPS) is 10.7. The van der Waals surface area contributed by atoms with Crippen molar-refractivity contribution >= 4 is 15.9 Å². The summed E-state index contributed by atoms with van der Waals surface area (Å²) >= 11 is 3.53. The van der Waals surface area contributed by atoms with Gasteiger partial charge in [0.2, 0.25) is 0 Å². The highest BCUT2D eigenvalue weighted by Gasteiger charge is 2.09. The molecule has 0 unspecified atom stereocenters. The summed E-state index contributed by atoms with van der Waals surface area (Å²) in [4.78, 5) is 9.22. The molecule has 148 valence electrons. The van der Waals surface area contributed by atoms with Crippen LogP contribution in [0.5, 0.6) is 0 Å². The average molecular weight is 463 g/mol. The van der Waals surface area contributed by atoms with E-state index in [9.17, 15) is 0 Å². The van der Waals surface area contributed by atoms with Crippen LogP contribution >= 0.6 is 15.9 Å². The van der Waals surface area contributed by atoms with E-state index in [1.165, 1.54) is 0 Å². The predicted molar refractivity (Wildman–Crippen MR) is 131 cm³/mol. The number of halogens is 1. The lowest BCUT2D eigenvalue weighted by atomic mass is 9.99. The van der Waals surface area contributed by atoms with E-state index < -0.39 is 0 Å². The molecule has 3 heteroatoms. The molecule has 0 amide bonds. The van der Waals surface area contributed by atoms with Gasteiger partial charge < -0.3 is 0 Å². The van der Waals surface area contributed by atoms with Crippen LogP contribution in [0.1, 0.15) is 0 Å². The summed E-state index contributed by atoms with van der Waals surface area (Å²) in [6.07, 6.45) is 3.68. The smallest absolute Gasteiger partial charge is 0.0715 e. The summed E-state index contributed by atoms with van der Waals surface area (Å²) in [7, 11) is 0. The maximum atomic E-state index is 5.00. The highest BCUT2D eigenvalue weighted by Crippen LogP contribution is 2.31. The Balaban J connectivity index is 1.60. The molecule has 0 aliphatic rings. The Hall–Kier alpha value is -3.56. The van der Waals surface area contributed by atoms with E-state index in [4.69, 9.17) is 4.98 Å². The maximum absolute atomic E-state index is 5.00. The van der Waals surface area contributed by atoms with Gasteiger partial charge in [-0.3, -0.25) is 4.98 Å². The van der Waals surface area contributed by atoms with Gasteiger partial charge in [0.25, 0.3) is 0 Å². The van der Waals surface area contributed by atoms with E-state index >= 15 is 0 Å². The average Bonchev–Trinajstić information content (AvgIpc) is 2.85. The fourth-order valence-electron chi connectivity index (χ4n) is 3.61. The molecule has 0 saturated heterocycles. The highest BCUT2D eigenvalue weighted by atomic mass is 79.9. The zero-order chi connectivity index (χ0) is 21.0. The van der Waals surface area contributed by atoms with Crippen molar-refractivity contribution in [2.45, 2.75) is 0 Å². The minimum atomic E-state index is 0.956. The summed E-state index contributed by atoms with van der Waals surface area (Å²) < 4.78 is 1.07. The van der Waals surface area contributed by atoms with Crippen molar-refractivity contribution in [3.05, 3.63) is 120 Å². The molecule has 0 radical (unpaired) electrons. The van der Waals surface area contributed by atoms with Crippen LogP contribution < -0.4 is 0 Å². The van der Waals surface area contributed by atoms with E-state index in [2.05, 4.69) is 99.8 Å². The molecular formula is C28H19BrN2. The van der Waals surface area contributed by atoms with Crippen LogP contribution in [0.2, 0.25) is 0 Å². The third kappa shape index (κ3) is 4.32. The van der Waals surface area contributed by atoms with E-state index in [0.717, 1.165) is 49.2 Å². The van der Waals surface area contributed by atoms with Crippen molar-refractivity contribution in [1.82, 2.24) is 9.97 Å². The number of nitrogens with zero attached hydrogens (tertiary/aromatic N) is 2. The van der Waals surface area contributed by atoms with Gasteiger partial charge in [-0.25, -0.2) is 4.98 Å². The van der Waals surface area contributed by atoms with Crippen LogP contribution in [0, 0.1) is 0 Å². The molecule has 5 aromatic rings. The molecule has 0 aliphatic heterocycles. The van der Waals surface area contributed by atoms with E-state index in [0.29, 0.717) is 0 Å². The summed E-state index contributed by atoms with van der Waals surface area (Å²) in [6, 6.07) is 35.6. The van der Waals surface area contributed by atoms with Crippen LogP contribution in [-0.2, 0) is 0 Å². The topological polar surface area (TPSA) is 25.8 Å². The van der Waals surface area contributed by atoms with Gasteiger partial charge in [0.1, 0.15) is 0 Å². The van der Waals surface area contributed by atoms with Crippen LogP contribution in [0.3, 0.4) is 0 Å². The Morgan fingerprint density at radius 2 is 1.03 bits per heavy atom. The van der Waals surface area contributed by atoms with Crippen molar-refractivity contribution in [2.24, 2.45) is 0 Å². The molecule has 2 aromatic heterocycles. The predicted octanol–water partition coefficient (Wildman–Crippen LogP) is 7.91. The molecule has 0 fully saturated rings. The van der Waals surface area contributed by atoms with E-state index in [1.807, 2.05) is 30.5 Å². The van der Waals surface area contributed by atoms with Crippen molar-refractivity contribution < 1.29 is 0 Å². The quantitative estimate of drug-likeness (QED) is 0.271. The number of hydrogen-bond donors (Lipinski definition) is 0. The molecule has 0 atom stereocenters. The van der Waals surface area contributed by atoms with Gasteiger partial charge in [-0.1, -0.05) is 88.7 Å². The number of benzene rings is 3. The first kappa shape index (κ1) is 19.4. The van der Waals surface area contributed by atoms with Crippen molar-refractivity contribution in [3.8, 4) is 44.8 Å². The second kappa shape index (κ2) is 8.66. The lowest BCUT2D eigenvalue weighted by Crippen LogP contribution is -1.91. The van der Waals surface area contributed by atoms with Gasteiger partial charge in [-0.05, 0) is 52.6 Å². The van der Waals surface area contributed by atoms with Crippen molar-refractivity contribution in [3.63, 3.8) is 0 Å². The van der Waals surface area contributed by atoms with Gasteiger partial charge in [-0.2, -0.15) is 0 Å². The molecule has 0 aliphatic carbocycles. The Labute approximate surface area is 190 Å². The molecule has 0 bridgehead atoms. The summed E-state index contributed by atoms with van der Waals surface area (Å²) in [6.45, 7) is 0. The molecule has 3 aromatic carbocycles. The fraction of sp³-hybridized carbons (Fsp3) is 0. The van der Waals surface area contributed by atoms with Gasteiger partial charge >= 0.3 is 0 Å². The van der Waals surface area contributed by atoms with Crippen LogP contribution in [0.25, 0.3) is 44.8 Å². The Kier molecular flexibility index (Phi) is 5.42. The standard InChI is InChI=1S/C28H19BrN2/c29-26-14-12-21(13-15-26)25-17-27(22-5-2-1-3-6-22)31-28(18-25)23-10-8-20(9-11-23)24-7-4-16-30-19-24/h1-19H. The van der Waals surface area contributed by atoms with E-state index in [1.54, 1.807) is 6.20 Å². The number of aromatic nitrogens is 2. The monoisotopic (exact) mass is 462 g/mol. The largest absolute Gasteiger partial charge is 0.264 e. The second-order valence-corrected chi connectivity index (χ2v) is 8.23. The first-order valence-electron chi connectivity index (χ1n) is 10.1. The fourth-order valence-corrected chi connectivity index (χ4v) is 3.88. The molecule has 31 heavy (non-hydrogen) atoms. The summed E-state index contributed by atoms with van der Waals surface area (Å²) in [5, 5.41) is 0. The first-order chi connectivity index (χ1) is 15.3. The molecule has 0 saturated carbocycles. The number of hydrogen-bond acceptors (Lipinski definition) is 2. The second-order valence-electron chi connectivity index (χ2n) is 7.32. The lowest BCUT2D eigenvalue weighted by Gasteiger charge is -2.11. The molecule has 0 N–H and O–H groups in total. The lowest BCUT2D eigenvalue weighted by molar-refractivity contribution is 1.32. The third-order valence-electron chi connectivity index (χ3n) is 5.25. The SMILES string of the molecule is Brc1ccc(-c2cc(-c3ccccc3)nc(-c3ccc(-c4cccnc4)cc3)c2)cc1. The third-order valence-corrected chi connectivity index (χ3v) is 5.78. The molecular weight excluding hydrogens is 444 g/mol. The van der Waals surface area contributed by atoms with Crippen LogP contribution in [0.4, 0.5) is 0 Å². The first-order valence-corrected chi connectivity index (χ1v) is 10.9. The van der Waals surface area contributed by atoms with E-state index in [-0.39, 0.29) is 0 Å². The zero-order valence-corrected chi connectivity index (χ0v) is 18.3. The molecule has 2 nitrogen and oxygen atoms in total. The van der Waals surface area contributed by atoms with Gasteiger partial charge in [-0.15, -0.1) is 0 Å². The number of pyridine rings is 2. The zero-order valence-electron chi connectivity index (χ0n) is 16.7. The van der Waals surface area contributed by atoms with Crippen LogP contribution in [0.15, 0.2) is 120 Å². The van der Waals surface area contributed by atoms with Gasteiger partial charge in [0, 0.05) is 28.0 Å². The Morgan fingerprint density at radius 3 is 1.68 bits per heavy atom. The minimum Gasteiger partial charge on any atom is -0.264 e. The molecule has 0 spiro atoms. The highest BCUT2D eigenvalue weighted by molar-refractivity contribution is 9.10. The molecule has 2 heterocycles.